The van der Waals surface area contributed by atoms with E-state index < -0.39 is 0 Å². The third kappa shape index (κ3) is 3.49. The predicted octanol–water partition coefficient (Wildman–Crippen LogP) is 1.54. The molecule has 2 unspecified atom stereocenters. The van der Waals surface area contributed by atoms with Crippen molar-refractivity contribution in [1.82, 2.24) is 10.6 Å². The van der Waals surface area contributed by atoms with Crippen LogP contribution in [0.4, 0.5) is 0 Å². The summed E-state index contributed by atoms with van der Waals surface area (Å²) in [5, 5.41) is 6.50. The fourth-order valence-electron chi connectivity index (χ4n) is 2.14. The maximum atomic E-state index is 11.9. The molecular formula is C12H24N2O. The normalized spacial score (nSPS) is 26.7. The Hall–Kier alpha value is -0.570. The van der Waals surface area contributed by atoms with Gasteiger partial charge < -0.3 is 10.6 Å². The molecule has 0 saturated carbocycles. The SMILES string of the molecule is CCC(CC)C(=O)NC1CNCCC1C. The summed E-state index contributed by atoms with van der Waals surface area (Å²) >= 11 is 0. The zero-order valence-electron chi connectivity index (χ0n) is 10.2. The van der Waals surface area contributed by atoms with Crippen molar-refractivity contribution in [3.8, 4) is 0 Å². The Morgan fingerprint density at radius 1 is 1.47 bits per heavy atom. The summed E-state index contributed by atoms with van der Waals surface area (Å²) in [6, 6.07) is 0.326. The third-order valence-corrected chi connectivity index (χ3v) is 3.51. The zero-order chi connectivity index (χ0) is 11.3. The van der Waals surface area contributed by atoms with Crippen LogP contribution in [0.5, 0.6) is 0 Å². The first-order valence-electron chi connectivity index (χ1n) is 6.20. The highest BCUT2D eigenvalue weighted by Crippen LogP contribution is 2.13. The van der Waals surface area contributed by atoms with Gasteiger partial charge >= 0.3 is 0 Å². The summed E-state index contributed by atoms with van der Waals surface area (Å²) in [7, 11) is 0. The molecule has 1 fully saturated rings. The number of rotatable bonds is 4. The van der Waals surface area contributed by atoms with Gasteiger partial charge in [0.05, 0.1) is 0 Å². The summed E-state index contributed by atoms with van der Waals surface area (Å²) in [6.45, 7) is 8.39. The molecule has 2 atom stereocenters. The van der Waals surface area contributed by atoms with Crippen molar-refractivity contribution in [3.63, 3.8) is 0 Å². The molecule has 0 aromatic rings. The minimum atomic E-state index is 0.194. The molecule has 1 rings (SSSR count). The number of hydrogen-bond donors (Lipinski definition) is 2. The first-order chi connectivity index (χ1) is 7.19. The van der Waals surface area contributed by atoms with Gasteiger partial charge in [0.1, 0.15) is 0 Å². The topological polar surface area (TPSA) is 41.1 Å². The second-order valence-corrected chi connectivity index (χ2v) is 4.60. The minimum absolute atomic E-state index is 0.194. The lowest BCUT2D eigenvalue weighted by Crippen LogP contribution is -2.51. The van der Waals surface area contributed by atoms with E-state index in [0.29, 0.717) is 12.0 Å². The molecule has 0 spiro atoms. The number of hydrogen-bond acceptors (Lipinski definition) is 2. The number of carbonyl (C=O) groups excluding carboxylic acids is 1. The quantitative estimate of drug-likeness (QED) is 0.742. The van der Waals surface area contributed by atoms with Gasteiger partial charge in [-0.2, -0.15) is 0 Å². The van der Waals surface area contributed by atoms with Crippen LogP contribution in [0.15, 0.2) is 0 Å². The summed E-state index contributed by atoms with van der Waals surface area (Å²) < 4.78 is 0. The van der Waals surface area contributed by atoms with Gasteiger partial charge in [0.15, 0.2) is 0 Å². The molecule has 3 nitrogen and oxygen atoms in total. The van der Waals surface area contributed by atoms with E-state index in [1.165, 1.54) is 0 Å². The molecule has 1 aliphatic rings. The van der Waals surface area contributed by atoms with Crippen LogP contribution in [0.2, 0.25) is 0 Å². The van der Waals surface area contributed by atoms with E-state index in [4.69, 9.17) is 0 Å². The summed E-state index contributed by atoms with van der Waals surface area (Å²) in [5.41, 5.74) is 0. The summed E-state index contributed by atoms with van der Waals surface area (Å²) in [4.78, 5) is 11.9. The number of amides is 1. The van der Waals surface area contributed by atoms with Crippen molar-refractivity contribution in [3.05, 3.63) is 0 Å². The van der Waals surface area contributed by atoms with Crippen molar-refractivity contribution in [2.75, 3.05) is 13.1 Å². The maximum absolute atomic E-state index is 11.9. The second-order valence-electron chi connectivity index (χ2n) is 4.60. The molecule has 1 aliphatic heterocycles. The Morgan fingerprint density at radius 2 is 2.13 bits per heavy atom. The molecule has 2 N–H and O–H groups in total. The van der Waals surface area contributed by atoms with E-state index in [2.05, 4.69) is 31.4 Å². The molecule has 1 heterocycles. The molecular weight excluding hydrogens is 188 g/mol. The van der Waals surface area contributed by atoms with E-state index >= 15 is 0 Å². The Bertz CT molecular complexity index is 202. The largest absolute Gasteiger partial charge is 0.352 e. The summed E-state index contributed by atoms with van der Waals surface area (Å²) in [5.74, 6) is 1.03. The van der Waals surface area contributed by atoms with Crippen LogP contribution in [-0.4, -0.2) is 25.0 Å². The molecule has 88 valence electrons. The van der Waals surface area contributed by atoms with Crippen molar-refractivity contribution < 1.29 is 4.79 Å². The number of piperidine rings is 1. The highest BCUT2D eigenvalue weighted by molar-refractivity contribution is 5.78. The minimum Gasteiger partial charge on any atom is -0.352 e. The van der Waals surface area contributed by atoms with Gasteiger partial charge in [0.25, 0.3) is 0 Å². The van der Waals surface area contributed by atoms with Gasteiger partial charge in [-0.25, -0.2) is 0 Å². The molecule has 0 radical (unpaired) electrons. The first-order valence-corrected chi connectivity index (χ1v) is 6.20. The predicted molar refractivity (Wildman–Crippen MR) is 62.7 cm³/mol. The fraction of sp³-hybridized carbons (Fsp3) is 0.917. The summed E-state index contributed by atoms with van der Waals surface area (Å²) in [6.07, 6.45) is 3.04. The van der Waals surface area contributed by atoms with Crippen molar-refractivity contribution in [2.45, 2.75) is 46.1 Å². The van der Waals surface area contributed by atoms with E-state index in [1.54, 1.807) is 0 Å². The number of nitrogens with one attached hydrogen (secondary N) is 2. The molecule has 0 aromatic heterocycles. The van der Waals surface area contributed by atoms with Crippen LogP contribution in [0.3, 0.4) is 0 Å². The van der Waals surface area contributed by atoms with E-state index in [0.717, 1.165) is 32.4 Å². The van der Waals surface area contributed by atoms with Gasteiger partial charge in [0.2, 0.25) is 5.91 Å². The molecule has 3 heteroatoms. The van der Waals surface area contributed by atoms with Crippen LogP contribution >= 0.6 is 0 Å². The average molecular weight is 212 g/mol. The smallest absolute Gasteiger partial charge is 0.223 e. The van der Waals surface area contributed by atoms with Crippen LogP contribution in [0, 0.1) is 11.8 Å². The van der Waals surface area contributed by atoms with Gasteiger partial charge in [-0.15, -0.1) is 0 Å². The molecule has 15 heavy (non-hydrogen) atoms. The van der Waals surface area contributed by atoms with E-state index in [1.807, 2.05) is 0 Å². The van der Waals surface area contributed by atoms with Gasteiger partial charge in [-0.05, 0) is 31.7 Å². The van der Waals surface area contributed by atoms with Crippen LogP contribution in [0.1, 0.15) is 40.0 Å². The van der Waals surface area contributed by atoms with Crippen molar-refractivity contribution in [1.29, 1.82) is 0 Å². The Kier molecular flexibility index (Phi) is 5.09. The first kappa shape index (κ1) is 12.5. The standard InChI is InChI=1S/C12H24N2O/c1-4-10(5-2)12(15)14-11-8-13-7-6-9(11)3/h9-11,13H,4-8H2,1-3H3,(H,14,15). The van der Waals surface area contributed by atoms with Gasteiger partial charge in [-0.1, -0.05) is 20.8 Å². The van der Waals surface area contributed by atoms with Crippen LogP contribution in [-0.2, 0) is 4.79 Å². The zero-order valence-corrected chi connectivity index (χ0v) is 10.2. The van der Waals surface area contributed by atoms with Crippen LogP contribution < -0.4 is 10.6 Å². The Balaban J connectivity index is 2.41. The van der Waals surface area contributed by atoms with Crippen molar-refractivity contribution >= 4 is 5.91 Å². The molecule has 1 saturated heterocycles. The maximum Gasteiger partial charge on any atom is 0.223 e. The number of carbonyl (C=O) groups is 1. The molecule has 1 amide bonds. The average Bonchev–Trinajstić information content (AvgIpc) is 2.23. The van der Waals surface area contributed by atoms with E-state index in [-0.39, 0.29) is 11.8 Å². The Labute approximate surface area is 93.0 Å². The third-order valence-electron chi connectivity index (χ3n) is 3.51. The lowest BCUT2D eigenvalue weighted by atomic mass is 9.93. The second kappa shape index (κ2) is 6.11. The lowest BCUT2D eigenvalue weighted by Gasteiger charge is -2.31. The van der Waals surface area contributed by atoms with Gasteiger partial charge in [0, 0.05) is 18.5 Å². The monoisotopic (exact) mass is 212 g/mol. The molecule has 0 bridgehead atoms. The molecule has 0 aliphatic carbocycles. The Morgan fingerprint density at radius 3 is 2.67 bits per heavy atom. The van der Waals surface area contributed by atoms with Crippen molar-refractivity contribution in [2.24, 2.45) is 11.8 Å². The highest BCUT2D eigenvalue weighted by atomic mass is 16.1. The highest BCUT2D eigenvalue weighted by Gasteiger charge is 2.24. The molecule has 0 aromatic carbocycles. The fourth-order valence-corrected chi connectivity index (χ4v) is 2.14. The van der Waals surface area contributed by atoms with Crippen LogP contribution in [0.25, 0.3) is 0 Å². The van der Waals surface area contributed by atoms with Gasteiger partial charge in [-0.3, -0.25) is 4.79 Å². The van der Waals surface area contributed by atoms with E-state index in [9.17, 15) is 4.79 Å². The lowest BCUT2D eigenvalue weighted by molar-refractivity contribution is -0.126.